The molecule has 0 heterocycles. The van der Waals surface area contributed by atoms with Gasteiger partial charge in [-0.3, -0.25) is 4.79 Å². The highest BCUT2D eigenvalue weighted by Gasteiger charge is 2.32. The van der Waals surface area contributed by atoms with E-state index in [1.54, 1.807) is 45.9 Å². The molecule has 0 aliphatic carbocycles. The zero-order valence-electron chi connectivity index (χ0n) is 14.5. The van der Waals surface area contributed by atoms with E-state index >= 15 is 0 Å². The molecule has 0 aromatic heterocycles. The number of carboxylic acids is 1. The van der Waals surface area contributed by atoms with Crippen molar-refractivity contribution in [3.05, 3.63) is 41.0 Å². The second-order valence-corrected chi connectivity index (χ2v) is 6.36. The van der Waals surface area contributed by atoms with Crippen LogP contribution in [0, 0.1) is 12.3 Å². The van der Waals surface area contributed by atoms with E-state index in [1.807, 2.05) is 0 Å². The van der Waals surface area contributed by atoms with Crippen LogP contribution in [0.3, 0.4) is 0 Å². The van der Waals surface area contributed by atoms with E-state index in [0.717, 1.165) is 5.56 Å². The van der Waals surface area contributed by atoms with E-state index in [9.17, 15) is 19.5 Å². The first-order valence-corrected chi connectivity index (χ1v) is 7.36. The number of aliphatic carboxylic acids is 1. The summed E-state index contributed by atoms with van der Waals surface area (Å²) in [6.07, 6.45) is 1.15. The number of methoxy groups -OCH3 is 1. The molecule has 0 aliphatic rings. The number of aryl methyl sites for hydroxylation is 1. The van der Waals surface area contributed by atoms with E-state index in [2.05, 4.69) is 4.74 Å². The van der Waals surface area contributed by atoms with Gasteiger partial charge in [-0.25, -0.2) is 9.59 Å². The van der Waals surface area contributed by atoms with E-state index in [4.69, 9.17) is 4.74 Å². The fraction of sp³-hybridized carbons (Fsp3) is 0.389. The van der Waals surface area contributed by atoms with Crippen LogP contribution in [0.2, 0.25) is 0 Å². The lowest BCUT2D eigenvalue weighted by atomic mass is 9.96. The molecule has 0 saturated heterocycles. The van der Waals surface area contributed by atoms with Gasteiger partial charge < -0.3 is 14.6 Å². The van der Waals surface area contributed by atoms with Gasteiger partial charge in [0.15, 0.2) is 0 Å². The minimum atomic E-state index is -1.46. The fourth-order valence-electron chi connectivity index (χ4n) is 1.83. The van der Waals surface area contributed by atoms with Crippen LogP contribution in [0.4, 0.5) is 0 Å². The highest BCUT2D eigenvalue weighted by atomic mass is 16.6. The quantitative estimate of drug-likeness (QED) is 0.658. The van der Waals surface area contributed by atoms with Gasteiger partial charge in [-0.2, -0.15) is 0 Å². The Balaban J connectivity index is 3.30. The highest BCUT2D eigenvalue weighted by molar-refractivity contribution is 5.88. The SMILES string of the molecule is COC(=O)/C=C/c1ccc(C)cc1[C@H](OC(=O)C(C)(C)C)C(=O)O. The Morgan fingerprint density at radius 1 is 1.21 bits per heavy atom. The molecular weight excluding hydrogens is 312 g/mol. The smallest absolute Gasteiger partial charge is 0.349 e. The first-order chi connectivity index (χ1) is 11.1. The minimum absolute atomic E-state index is 0.292. The number of carboxylic acid groups (broad SMARTS) is 1. The van der Waals surface area contributed by atoms with Crippen molar-refractivity contribution in [1.29, 1.82) is 0 Å². The Bertz CT molecular complexity index is 667. The third-order valence-electron chi connectivity index (χ3n) is 3.19. The monoisotopic (exact) mass is 334 g/mol. The summed E-state index contributed by atoms with van der Waals surface area (Å²) in [4.78, 5) is 35.0. The molecule has 1 N–H and O–H groups in total. The van der Waals surface area contributed by atoms with Gasteiger partial charge in [-0.1, -0.05) is 23.8 Å². The number of carbonyl (C=O) groups excluding carboxylic acids is 2. The predicted octanol–water partition coefficient (Wildman–Crippen LogP) is 2.90. The molecule has 24 heavy (non-hydrogen) atoms. The summed E-state index contributed by atoms with van der Waals surface area (Å²) in [7, 11) is 1.24. The van der Waals surface area contributed by atoms with Crippen LogP contribution in [0.25, 0.3) is 6.08 Å². The summed E-state index contributed by atoms with van der Waals surface area (Å²) in [6, 6.07) is 5.04. The number of rotatable bonds is 5. The van der Waals surface area contributed by atoms with Crippen LogP contribution >= 0.6 is 0 Å². The van der Waals surface area contributed by atoms with Crippen molar-refractivity contribution in [2.45, 2.75) is 33.8 Å². The molecule has 130 valence electrons. The Kier molecular flexibility index (Phi) is 6.28. The van der Waals surface area contributed by atoms with E-state index in [1.165, 1.54) is 19.3 Å². The van der Waals surface area contributed by atoms with Crippen molar-refractivity contribution < 1.29 is 29.0 Å². The summed E-state index contributed by atoms with van der Waals surface area (Å²) in [5.41, 5.74) is 0.721. The molecule has 6 heteroatoms. The Hall–Kier alpha value is -2.63. The van der Waals surface area contributed by atoms with Gasteiger partial charge in [0.1, 0.15) is 0 Å². The summed E-state index contributed by atoms with van der Waals surface area (Å²) < 4.78 is 9.73. The van der Waals surface area contributed by atoms with Gasteiger partial charge in [0.05, 0.1) is 12.5 Å². The van der Waals surface area contributed by atoms with Gasteiger partial charge in [-0.05, 0) is 39.3 Å². The van der Waals surface area contributed by atoms with Crippen molar-refractivity contribution in [3.63, 3.8) is 0 Å². The van der Waals surface area contributed by atoms with E-state index in [-0.39, 0.29) is 0 Å². The zero-order chi connectivity index (χ0) is 18.5. The molecule has 0 aliphatic heterocycles. The fourth-order valence-corrected chi connectivity index (χ4v) is 1.83. The van der Waals surface area contributed by atoms with Gasteiger partial charge in [0.25, 0.3) is 0 Å². The average molecular weight is 334 g/mol. The van der Waals surface area contributed by atoms with Crippen LogP contribution in [-0.2, 0) is 23.9 Å². The molecule has 0 fully saturated rings. The lowest BCUT2D eigenvalue weighted by molar-refractivity contribution is -0.170. The summed E-state index contributed by atoms with van der Waals surface area (Å²) in [5.74, 6) is -2.48. The third-order valence-corrected chi connectivity index (χ3v) is 3.19. The lowest BCUT2D eigenvalue weighted by Crippen LogP contribution is -2.28. The topological polar surface area (TPSA) is 89.9 Å². The largest absolute Gasteiger partial charge is 0.478 e. The Labute approximate surface area is 141 Å². The Morgan fingerprint density at radius 2 is 1.83 bits per heavy atom. The van der Waals surface area contributed by atoms with Crippen molar-refractivity contribution in [1.82, 2.24) is 0 Å². The summed E-state index contributed by atoms with van der Waals surface area (Å²) >= 11 is 0. The molecule has 0 bridgehead atoms. The van der Waals surface area contributed by atoms with E-state index in [0.29, 0.717) is 11.1 Å². The maximum absolute atomic E-state index is 12.1. The van der Waals surface area contributed by atoms with Gasteiger partial charge >= 0.3 is 17.9 Å². The maximum atomic E-state index is 12.1. The summed E-state index contributed by atoms with van der Waals surface area (Å²) in [5, 5.41) is 9.49. The molecule has 0 saturated carbocycles. The Morgan fingerprint density at radius 3 is 2.33 bits per heavy atom. The lowest BCUT2D eigenvalue weighted by Gasteiger charge is -2.22. The van der Waals surface area contributed by atoms with Crippen molar-refractivity contribution in [2.24, 2.45) is 5.41 Å². The van der Waals surface area contributed by atoms with E-state index < -0.39 is 29.4 Å². The summed E-state index contributed by atoms with van der Waals surface area (Å²) in [6.45, 7) is 6.72. The molecule has 1 aromatic rings. The number of esters is 2. The van der Waals surface area contributed by atoms with Crippen LogP contribution in [0.5, 0.6) is 0 Å². The van der Waals surface area contributed by atoms with Crippen molar-refractivity contribution in [2.75, 3.05) is 7.11 Å². The first-order valence-electron chi connectivity index (χ1n) is 7.36. The van der Waals surface area contributed by atoms with Crippen molar-refractivity contribution in [3.8, 4) is 0 Å². The molecular formula is C18H22O6. The normalized spacial score (nSPS) is 12.7. The van der Waals surface area contributed by atoms with Crippen molar-refractivity contribution >= 4 is 24.0 Å². The molecule has 6 nitrogen and oxygen atoms in total. The molecule has 0 amide bonds. The van der Waals surface area contributed by atoms with Gasteiger partial charge in [-0.15, -0.1) is 0 Å². The van der Waals surface area contributed by atoms with Crippen LogP contribution in [0.1, 0.15) is 43.6 Å². The van der Waals surface area contributed by atoms with Crippen LogP contribution < -0.4 is 0 Å². The molecule has 0 spiro atoms. The molecule has 1 aromatic carbocycles. The molecule has 0 radical (unpaired) electrons. The van der Waals surface area contributed by atoms with Gasteiger partial charge in [0, 0.05) is 11.6 Å². The molecule has 0 unspecified atom stereocenters. The molecule has 1 rings (SSSR count). The maximum Gasteiger partial charge on any atom is 0.349 e. The first kappa shape index (κ1) is 19.4. The predicted molar refractivity (Wildman–Crippen MR) is 88.2 cm³/mol. The third kappa shape index (κ3) is 5.22. The van der Waals surface area contributed by atoms with Crippen LogP contribution in [0.15, 0.2) is 24.3 Å². The highest BCUT2D eigenvalue weighted by Crippen LogP contribution is 2.28. The second-order valence-electron chi connectivity index (χ2n) is 6.36. The zero-order valence-corrected chi connectivity index (χ0v) is 14.5. The number of ether oxygens (including phenoxy) is 2. The standard InChI is InChI=1S/C18H22O6/c1-11-6-7-12(8-9-14(19)23-5)13(10-11)15(16(20)21)24-17(22)18(2,3)4/h6-10,15H,1-5H3,(H,20,21)/b9-8+/t15-/m0/s1. The van der Waals surface area contributed by atoms with Gasteiger partial charge in [0.2, 0.25) is 6.10 Å². The number of carbonyl (C=O) groups is 3. The van der Waals surface area contributed by atoms with Crippen LogP contribution in [-0.4, -0.2) is 30.1 Å². The number of hydrogen-bond donors (Lipinski definition) is 1. The second kappa shape index (κ2) is 7.77. The minimum Gasteiger partial charge on any atom is -0.478 e. The number of benzene rings is 1. The number of hydrogen-bond acceptors (Lipinski definition) is 5. The molecule has 1 atom stereocenters. The average Bonchev–Trinajstić information content (AvgIpc) is 2.49.